The molecule has 12 N–H and O–H groups in total. The number of amides is 3. The van der Waals surface area contributed by atoms with Gasteiger partial charge in [-0.3, -0.25) is 19.2 Å². The summed E-state index contributed by atoms with van der Waals surface area (Å²) >= 11 is 0. The molecule has 0 aliphatic heterocycles. The van der Waals surface area contributed by atoms with Crippen LogP contribution in [0.25, 0.3) is 0 Å². The Bertz CT molecular complexity index is 896. The van der Waals surface area contributed by atoms with Crippen LogP contribution in [0.3, 0.4) is 0 Å². The second-order valence-corrected chi connectivity index (χ2v) is 8.91. The van der Waals surface area contributed by atoms with Crippen molar-refractivity contribution in [2.45, 2.75) is 82.0 Å². The summed E-state index contributed by atoms with van der Waals surface area (Å²) in [5, 5.41) is 26.0. The van der Waals surface area contributed by atoms with Crippen molar-refractivity contribution in [2.75, 3.05) is 13.1 Å². The van der Waals surface area contributed by atoms with Gasteiger partial charge in [0.1, 0.15) is 18.1 Å². The zero-order valence-corrected chi connectivity index (χ0v) is 21.4. The maximum atomic E-state index is 13.1. The monoisotopic (exact) mass is 540 g/mol. The number of rotatable bonds is 20. The number of aromatic nitrogens is 2. The third kappa shape index (κ3) is 12.6. The maximum Gasteiger partial charge on any atom is 0.326 e. The van der Waals surface area contributed by atoms with Crippen molar-refractivity contribution in [3.63, 3.8) is 0 Å². The highest BCUT2D eigenvalue weighted by atomic mass is 16.4. The topological polar surface area (TPSA) is 269 Å². The number of nitrogens with one attached hydrogen (secondary N) is 4. The van der Waals surface area contributed by atoms with Gasteiger partial charge < -0.3 is 48.3 Å². The SMILES string of the molecule is NCCCCC(N)C(=O)NC(CCC(=O)O)C(=O)NC(Cc1cnc[nH]1)C(=O)NC(CCCCN)C(=O)O. The smallest absolute Gasteiger partial charge is 0.326 e. The van der Waals surface area contributed by atoms with Gasteiger partial charge in [-0.25, -0.2) is 9.78 Å². The van der Waals surface area contributed by atoms with Crippen molar-refractivity contribution >= 4 is 29.7 Å². The van der Waals surface area contributed by atoms with Crippen molar-refractivity contribution in [1.29, 1.82) is 0 Å². The summed E-state index contributed by atoms with van der Waals surface area (Å²) in [6, 6.07) is -4.68. The van der Waals surface area contributed by atoms with Gasteiger partial charge in [-0.05, 0) is 51.6 Å². The standard InChI is InChI=1S/C23H40N8O7/c24-9-3-1-5-15(26)20(34)29-16(7-8-19(32)33)21(35)31-18(11-14-12-27-13-28-14)22(36)30-17(23(37)38)6-2-4-10-25/h12-13,15-18H,1-11,24-26H2,(H,27,28)(H,29,34)(H,30,36)(H,31,35)(H,32,33)(H,37,38). The number of hydrogen-bond acceptors (Lipinski definition) is 9. The number of imidazole rings is 1. The summed E-state index contributed by atoms with van der Waals surface area (Å²) in [7, 11) is 0. The molecule has 0 spiro atoms. The molecule has 0 aromatic carbocycles. The fourth-order valence-corrected chi connectivity index (χ4v) is 3.58. The van der Waals surface area contributed by atoms with E-state index < -0.39 is 60.2 Å². The summed E-state index contributed by atoms with van der Waals surface area (Å²) in [6.45, 7) is 0.812. The minimum atomic E-state index is -1.30. The third-order valence-electron chi connectivity index (χ3n) is 5.76. The van der Waals surface area contributed by atoms with Crippen LogP contribution < -0.4 is 33.2 Å². The lowest BCUT2D eigenvalue weighted by atomic mass is 10.0. The number of aliphatic carboxylic acids is 2. The molecule has 3 amide bonds. The lowest BCUT2D eigenvalue weighted by molar-refractivity contribution is -0.142. The van der Waals surface area contributed by atoms with Gasteiger partial charge in [-0.1, -0.05) is 6.42 Å². The van der Waals surface area contributed by atoms with E-state index in [4.69, 9.17) is 22.3 Å². The fourth-order valence-electron chi connectivity index (χ4n) is 3.58. The number of aromatic amines is 1. The Labute approximate surface area is 220 Å². The summed E-state index contributed by atoms with van der Waals surface area (Å²) in [4.78, 5) is 68.2. The van der Waals surface area contributed by atoms with Crippen LogP contribution in [0, 0.1) is 0 Å². The highest BCUT2D eigenvalue weighted by Crippen LogP contribution is 2.07. The van der Waals surface area contributed by atoms with Gasteiger partial charge in [-0.2, -0.15) is 0 Å². The number of unbranched alkanes of at least 4 members (excludes halogenated alkanes) is 2. The molecule has 0 saturated heterocycles. The molecule has 4 unspecified atom stereocenters. The van der Waals surface area contributed by atoms with Gasteiger partial charge >= 0.3 is 11.9 Å². The van der Waals surface area contributed by atoms with Crippen LogP contribution in [-0.2, 0) is 30.4 Å². The Balaban J connectivity index is 3.02. The minimum Gasteiger partial charge on any atom is -0.481 e. The predicted molar refractivity (Wildman–Crippen MR) is 136 cm³/mol. The minimum absolute atomic E-state index is 0.0646. The average Bonchev–Trinajstić information content (AvgIpc) is 3.38. The molecule has 0 bridgehead atoms. The fraction of sp³-hybridized carbons (Fsp3) is 0.652. The second-order valence-electron chi connectivity index (χ2n) is 8.91. The maximum absolute atomic E-state index is 13.1. The summed E-state index contributed by atoms with van der Waals surface area (Å²) in [6.07, 6.45) is 4.84. The molecular formula is C23H40N8O7. The molecule has 0 aliphatic rings. The van der Waals surface area contributed by atoms with Crippen molar-refractivity contribution in [3.8, 4) is 0 Å². The van der Waals surface area contributed by atoms with E-state index in [1.54, 1.807) is 0 Å². The molecule has 0 saturated carbocycles. The summed E-state index contributed by atoms with van der Waals surface area (Å²) in [5.74, 6) is -4.65. The molecule has 1 aromatic rings. The Hall–Kier alpha value is -3.56. The van der Waals surface area contributed by atoms with Crippen LogP contribution in [0.5, 0.6) is 0 Å². The quantitative estimate of drug-likeness (QED) is 0.0811. The molecule has 1 heterocycles. The lowest BCUT2D eigenvalue weighted by Crippen LogP contribution is -2.57. The van der Waals surface area contributed by atoms with E-state index in [2.05, 4.69) is 25.9 Å². The summed E-state index contributed by atoms with van der Waals surface area (Å²) in [5.41, 5.74) is 17.3. The number of carbonyl (C=O) groups is 5. The molecule has 1 rings (SSSR count). The third-order valence-corrected chi connectivity index (χ3v) is 5.76. The van der Waals surface area contributed by atoms with Gasteiger partial charge in [0.25, 0.3) is 0 Å². The second kappa shape index (κ2) is 17.8. The highest BCUT2D eigenvalue weighted by Gasteiger charge is 2.31. The number of carboxylic acid groups (broad SMARTS) is 2. The number of H-pyrrole nitrogens is 1. The van der Waals surface area contributed by atoms with Gasteiger partial charge in [0, 0.05) is 24.7 Å². The number of hydrogen-bond donors (Lipinski definition) is 9. The number of carbonyl (C=O) groups excluding carboxylic acids is 3. The summed E-state index contributed by atoms with van der Waals surface area (Å²) < 4.78 is 0. The first-order chi connectivity index (χ1) is 18.1. The van der Waals surface area contributed by atoms with Crippen molar-refractivity contribution in [3.05, 3.63) is 18.2 Å². The van der Waals surface area contributed by atoms with Crippen molar-refractivity contribution in [2.24, 2.45) is 17.2 Å². The average molecular weight is 541 g/mol. The van der Waals surface area contributed by atoms with Crippen LogP contribution in [0.2, 0.25) is 0 Å². The molecule has 4 atom stereocenters. The molecule has 0 radical (unpaired) electrons. The van der Waals surface area contributed by atoms with Crippen LogP contribution >= 0.6 is 0 Å². The van der Waals surface area contributed by atoms with Gasteiger partial charge in [0.2, 0.25) is 17.7 Å². The van der Waals surface area contributed by atoms with Crippen LogP contribution in [-0.4, -0.2) is 87.1 Å². The zero-order valence-electron chi connectivity index (χ0n) is 21.4. The Morgan fingerprint density at radius 3 is 1.95 bits per heavy atom. The molecule has 38 heavy (non-hydrogen) atoms. The van der Waals surface area contributed by atoms with Crippen LogP contribution in [0.1, 0.15) is 57.1 Å². The Morgan fingerprint density at radius 1 is 0.816 bits per heavy atom. The number of nitrogens with zero attached hydrogens (tertiary/aromatic N) is 1. The number of carboxylic acids is 2. The van der Waals surface area contributed by atoms with Gasteiger partial charge in [0.15, 0.2) is 0 Å². The zero-order chi connectivity index (χ0) is 28.5. The first kappa shape index (κ1) is 32.5. The van der Waals surface area contributed by atoms with Crippen LogP contribution in [0.4, 0.5) is 0 Å². The first-order valence-corrected chi connectivity index (χ1v) is 12.6. The highest BCUT2D eigenvalue weighted by molar-refractivity contribution is 5.94. The largest absolute Gasteiger partial charge is 0.481 e. The van der Waals surface area contributed by atoms with E-state index in [1.165, 1.54) is 12.5 Å². The van der Waals surface area contributed by atoms with Crippen molar-refractivity contribution in [1.82, 2.24) is 25.9 Å². The molecule has 214 valence electrons. The van der Waals surface area contributed by atoms with E-state index in [0.29, 0.717) is 50.9 Å². The molecular weight excluding hydrogens is 500 g/mol. The molecule has 15 heteroatoms. The molecule has 15 nitrogen and oxygen atoms in total. The van der Waals surface area contributed by atoms with Crippen molar-refractivity contribution < 1.29 is 34.2 Å². The predicted octanol–water partition coefficient (Wildman–Crippen LogP) is -2.06. The molecule has 1 aromatic heterocycles. The van der Waals surface area contributed by atoms with Gasteiger partial charge in [0.05, 0.1) is 12.4 Å². The van der Waals surface area contributed by atoms with E-state index in [0.717, 1.165) is 0 Å². The Kier molecular flexibility index (Phi) is 15.2. The molecule has 0 fully saturated rings. The van der Waals surface area contributed by atoms with Crippen LogP contribution in [0.15, 0.2) is 12.5 Å². The van der Waals surface area contributed by atoms with E-state index >= 15 is 0 Å². The molecule has 0 aliphatic carbocycles. The van der Waals surface area contributed by atoms with Gasteiger partial charge in [-0.15, -0.1) is 0 Å². The lowest BCUT2D eigenvalue weighted by Gasteiger charge is -2.25. The first-order valence-electron chi connectivity index (χ1n) is 12.6. The number of nitrogens with two attached hydrogens (primary N) is 3. The normalized spacial score (nSPS) is 14.1. The van der Waals surface area contributed by atoms with E-state index in [9.17, 15) is 29.1 Å². The van der Waals surface area contributed by atoms with E-state index in [-0.39, 0.29) is 19.3 Å². The Morgan fingerprint density at radius 2 is 1.39 bits per heavy atom. The van der Waals surface area contributed by atoms with E-state index in [1.807, 2.05) is 0 Å².